The smallest absolute Gasteiger partial charge is 0.318 e. The molecule has 0 radical (unpaired) electrons. The van der Waals surface area contributed by atoms with Crippen LogP contribution in [-0.2, 0) is 35.8 Å². The number of carbonyl (C=O) groups excluding carboxylic acids is 2. The van der Waals surface area contributed by atoms with Crippen LogP contribution in [0.15, 0.2) is 12.1 Å². The van der Waals surface area contributed by atoms with E-state index in [-0.39, 0.29) is 38.9 Å². The number of benzene rings is 1. The van der Waals surface area contributed by atoms with Gasteiger partial charge in [-0.05, 0) is 49.4 Å². The first-order valence-electron chi connectivity index (χ1n) is 11.4. The molecule has 9 heteroatoms. The molecular formula is C23H27NO8. The Balaban J connectivity index is 1.59. The highest BCUT2D eigenvalue weighted by molar-refractivity contribution is 5.97. The van der Waals surface area contributed by atoms with Crippen LogP contribution < -0.4 is 9.47 Å². The molecule has 4 aliphatic heterocycles. The normalized spacial score (nSPS) is 36.0. The number of aliphatic hydroxyl groups excluding tert-OH is 1. The Bertz CT molecular complexity index is 996. The topological polar surface area (TPSA) is 104 Å². The van der Waals surface area contributed by atoms with Gasteiger partial charge < -0.3 is 33.7 Å². The zero-order chi connectivity index (χ0) is 22.1. The number of ether oxygens (including phenoxy) is 5. The summed E-state index contributed by atoms with van der Waals surface area (Å²) in [5, 5.41) is 9.33. The Hall–Kier alpha value is -2.36. The van der Waals surface area contributed by atoms with Crippen molar-refractivity contribution in [3.05, 3.63) is 23.3 Å². The van der Waals surface area contributed by atoms with Crippen LogP contribution in [0, 0.1) is 5.41 Å². The zero-order valence-corrected chi connectivity index (χ0v) is 18.1. The first-order valence-corrected chi connectivity index (χ1v) is 11.4. The molecule has 3 fully saturated rings. The Morgan fingerprint density at radius 1 is 1.28 bits per heavy atom. The quantitative estimate of drug-likeness (QED) is 0.676. The highest BCUT2D eigenvalue weighted by Crippen LogP contribution is 2.70. The molecule has 172 valence electrons. The van der Waals surface area contributed by atoms with Gasteiger partial charge in [-0.2, -0.15) is 0 Å². The Labute approximate surface area is 185 Å². The number of nitrogens with zero attached hydrogens (tertiary/aromatic N) is 1. The van der Waals surface area contributed by atoms with Gasteiger partial charge in [0, 0.05) is 19.4 Å². The van der Waals surface area contributed by atoms with E-state index in [1.807, 2.05) is 17.0 Å². The fourth-order valence-electron chi connectivity index (χ4n) is 6.77. The molecule has 2 bridgehead atoms. The lowest BCUT2D eigenvalue weighted by Crippen LogP contribution is -2.60. The van der Waals surface area contributed by atoms with Crippen LogP contribution in [-0.4, -0.2) is 66.9 Å². The lowest BCUT2D eigenvalue weighted by atomic mass is 9.57. The van der Waals surface area contributed by atoms with Gasteiger partial charge in [-0.1, -0.05) is 0 Å². The lowest BCUT2D eigenvalue weighted by Gasteiger charge is -2.51. The van der Waals surface area contributed by atoms with Crippen molar-refractivity contribution in [2.75, 3.05) is 33.2 Å². The lowest BCUT2D eigenvalue weighted by molar-refractivity contribution is -0.244. The maximum absolute atomic E-state index is 13.8. The van der Waals surface area contributed by atoms with Crippen molar-refractivity contribution in [3.63, 3.8) is 0 Å². The van der Waals surface area contributed by atoms with Crippen molar-refractivity contribution < 1.29 is 38.4 Å². The van der Waals surface area contributed by atoms with Crippen molar-refractivity contribution in [1.82, 2.24) is 4.90 Å². The highest BCUT2D eigenvalue weighted by Gasteiger charge is 2.82. The summed E-state index contributed by atoms with van der Waals surface area (Å²) in [6, 6.07) is 3.94. The van der Waals surface area contributed by atoms with Crippen LogP contribution in [0.4, 0.5) is 0 Å². The second-order valence-electron chi connectivity index (χ2n) is 9.17. The van der Waals surface area contributed by atoms with Gasteiger partial charge in [0.1, 0.15) is 5.41 Å². The van der Waals surface area contributed by atoms with Crippen LogP contribution in [0.3, 0.4) is 0 Å². The van der Waals surface area contributed by atoms with Crippen LogP contribution >= 0.6 is 0 Å². The van der Waals surface area contributed by atoms with Crippen LogP contribution in [0.1, 0.15) is 43.7 Å². The van der Waals surface area contributed by atoms with Gasteiger partial charge in [0.2, 0.25) is 6.79 Å². The largest absolute Gasteiger partial charge is 0.465 e. The third-order valence-corrected chi connectivity index (χ3v) is 7.85. The monoisotopic (exact) mass is 445 g/mol. The maximum atomic E-state index is 13.8. The van der Waals surface area contributed by atoms with Gasteiger partial charge in [0.25, 0.3) is 5.91 Å². The fraction of sp³-hybridized carbons (Fsp3) is 0.652. The Kier molecular flexibility index (Phi) is 4.32. The molecule has 1 spiro atoms. The molecule has 0 unspecified atom stereocenters. The van der Waals surface area contributed by atoms with Crippen molar-refractivity contribution in [1.29, 1.82) is 0 Å². The molecule has 1 amide bonds. The number of aryl methyl sites for hydroxylation is 1. The summed E-state index contributed by atoms with van der Waals surface area (Å²) in [5.41, 5.74) is -0.161. The summed E-state index contributed by atoms with van der Waals surface area (Å²) in [6.45, 7) is 2.56. The van der Waals surface area contributed by atoms with Gasteiger partial charge in [-0.3, -0.25) is 9.59 Å². The standard InChI is InChI=1S/C23H27NO8/c1-2-28-20(27)22-12-21(31-9-8-25)5-6-23(22)15-11-17-16(29-13-30-17)10-14(15)4-3-7-24(23)19(26)18(22)32-21/h10-11,18,25H,2-9,12-13H2,1H3/t18-,21+,22-,23+/m0/s1. The van der Waals surface area contributed by atoms with E-state index in [0.29, 0.717) is 30.9 Å². The summed E-state index contributed by atoms with van der Waals surface area (Å²) in [7, 11) is 0. The van der Waals surface area contributed by atoms with Crippen LogP contribution in [0.2, 0.25) is 0 Å². The number of aliphatic hydroxyl groups is 1. The average Bonchev–Trinajstić information content (AvgIpc) is 3.38. The Morgan fingerprint density at radius 3 is 2.88 bits per heavy atom. The third kappa shape index (κ3) is 2.29. The second-order valence-corrected chi connectivity index (χ2v) is 9.17. The zero-order valence-electron chi connectivity index (χ0n) is 18.1. The summed E-state index contributed by atoms with van der Waals surface area (Å²) in [6.07, 6.45) is 1.76. The van der Waals surface area contributed by atoms with Crippen molar-refractivity contribution in [2.45, 2.75) is 56.5 Å². The van der Waals surface area contributed by atoms with E-state index < -0.39 is 28.8 Å². The predicted octanol–water partition coefficient (Wildman–Crippen LogP) is 1.24. The maximum Gasteiger partial charge on any atom is 0.318 e. The van der Waals surface area contributed by atoms with E-state index in [9.17, 15) is 14.7 Å². The molecule has 2 saturated heterocycles. The SMILES string of the molecule is CCOC(=O)[C@@]12C[C@@]3(OCCO)CC[C@@]14c1cc5c(cc1CCCN4C(=O)[C@@H]2O3)OCO5. The van der Waals surface area contributed by atoms with E-state index in [0.717, 1.165) is 24.0 Å². The molecule has 0 aromatic heterocycles. The van der Waals surface area contributed by atoms with Gasteiger partial charge in [0.05, 0.1) is 25.4 Å². The minimum atomic E-state index is -1.24. The summed E-state index contributed by atoms with van der Waals surface area (Å²) < 4.78 is 29.1. The molecule has 4 heterocycles. The molecular weight excluding hydrogens is 418 g/mol. The summed E-state index contributed by atoms with van der Waals surface area (Å²) in [5.74, 6) is -0.394. The molecule has 32 heavy (non-hydrogen) atoms. The van der Waals surface area contributed by atoms with Gasteiger partial charge in [-0.15, -0.1) is 0 Å². The molecule has 6 rings (SSSR count). The minimum absolute atomic E-state index is 0.0752. The van der Waals surface area contributed by atoms with E-state index in [2.05, 4.69) is 0 Å². The van der Waals surface area contributed by atoms with E-state index in [4.69, 9.17) is 23.7 Å². The molecule has 1 aromatic carbocycles. The number of esters is 1. The van der Waals surface area contributed by atoms with E-state index in [1.165, 1.54) is 0 Å². The van der Waals surface area contributed by atoms with E-state index >= 15 is 0 Å². The van der Waals surface area contributed by atoms with E-state index in [1.54, 1.807) is 6.92 Å². The molecule has 1 aromatic rings. The second kappa shape index (κ2) is 6.82. The first-order chi connectivity index (χ1) is 15.5. The Morgan fingerprint density at radius 2 is 2.09 bits per heavy atom. The number of hydrogen-bond donors (Lipinski definition) is 1. The molecule has 4 atom stereocenters. The number of carbonyl (C=O) groups is 2. The third-order valence-electron chi connectivity index (χ3n) is 7.85. The molecule has 1 aliphatic carbocycles. The first kappa shape index (κ1) is 20.3. The predicted molar refractivity (Wildman–Crippen MR) is 108 cm³/mol. The fourth-order valence-corrected chi connectivity index (χ4v) is 6.77. The minimum Gasteiger partial charge on any atom is -0.465 e. The number of hydrogen-bond acceptors (Lipinski definition) is 8. The van der Waals surface area contributed by atoms with Gasteiger partial charge >= 0.3 is 5.97 Å². The molecule has 9 nitrogen and oxygen atoms in total. The summed E-state index contributed by atoms with van der Waals surface area (Å²) in [4.78, 5) is 29.4. The summed E-state index contributed by atoms with van der Waals surface area (Å²) >= 11 is 0. The highest BCUT2D eigenvalue weighted by atomic mass is 16.7. The van der Waals surface area contributed by atoms with Crippen LogP contribution in [0.25, 0.3) is 0 Å². The number of fused-ring (bicyclic) bond motifs is 3. The number of amides is 1. The van der Waals surface area contributed by atoms with Gasteiger partial charge in [-0.25, -0.2) is 0 Å². The molecule has 1 N–H and O–H groups in total. The average molecular weight is 445 g/mol. The number of rotatable bonds is 5. The molecule has 1 saturated carbocycles. The van der Waals surface area contributed by atoms with Crippen molar-refractivity contribution >= 4 is 11.9 Å². The van der Waals surface area contributed by atoms with Crippen molar-refractivity contribution in [3.8, 4) is 11.5 Å². The van der Waals surface area contributed by atoms with Crippen molar-refractivity contribution in [2.24, 2.45) is 5.41 Å². The molecule has 5 aliphatic rings. The van der Waals surface area contributed by atoms with Gasteiger partial charge in [0.15, 0.2) is 23.4 Å². The van der Waals surface area contributed by atoms with Crippen LogP contribution in [0.5, 0.6) is 11.5 Å².